The highest BCUT2D eigenvalue weighted by Gasteiger charge is 2.14. The summed E-state index contributed by atoms with van der Waals surface area (Å²) in [5.41, 5.74) is 0.356. The Morgan fingerprint density at radius 1 is 1.50 bits per heavy atom. The first-order valence-electron chi connectivity index (χ1n) is 4.11. The second kappa shape index (κ2) is 4.61. The number of hydrogen-bond donors (Lipinski definition) is 3. The molecule has 0 amide bonds. The third-order valence-electron chi connectivity index (χ3n) is 1.89. The second-order valence-corrected chi connectivity index (χ2v) is 3.67. The molecule has 0 bridgehead atoms. The first kappa shape index (κ1) is 11.3. The van der Waals surface area contributed by atoms with Gasteiger partial charge in [0.2, 0.25) is 0 Å². The molecular formula is C9H11BrFNO2. The van der Waals surface area contributed by atoms with E-state index in [2.05, 4.69) is 21.2 Å². The number of nitrogens with one attached hydrogen (secondary N) is 1. The average Bonchev–Trinajstić information content (AvgIpc) is 2.14. The minimum atomic E-state index is -0.526. The van der Waals surface area contributed by atoms with E-state index in [0.717, 1.165) is 6.07 Å². The summed E-state index contributed by atoms with van der Waals surface area (Å²) in [6.45, 7) is 0.597. The molecule has 0 aromatic heterocycles. The van der Waals surface area contributed by atoms with Crippen molar-refractivity contribution in [3.05, 3.63) is 21.9 Å². The number of rotatable bonds is 3. The van der Waals surface area contributed by atoms with Crippen molar-refractivity contribution in [3.63, 3.8) is 0 Å². The smallest absolute Gasteiger partial charge is 0.172 e. The lowest BCUT2D eigenvalue weighted by Gasteiger charge is -2.08. The van der Waals surface area contributed by atoms with Crippen molar-refractivity contribution in [2.45, 2.75) is 6.42 Å². The molecule has 78 valence electrons. The van der Waals surface area contributed by atoms with Crippen molar-refractivity contribution in [2.75, 3.05) is 13.6 Å². The van der Waals surface area contributed by atoms with Crippen LogP contribution in [-0.2, 0) is 6.42 Å². The fourth-order valence-electron chi connectivity index (χ4n) is 1.11. The molecule has 0 fully saturated rings. The van der Waals surface area contributed by atoms with Crippen molar-refractivity contribution in [1.82, 2.24) is 5.32 Å². The molecule has 1 aromatic rings. The van der Waals surface area contributed by atoms with Crippen molar-refractivity contribution >= 4 is 15.9 Å². The molecule has 0 radical (unpaired) electrons. The maximum absolute atomic E-state index is 13.3. The van der Waals surface area contributed by atoms with E-state index >= 15 is 0 Å². The summed E-state index contributed by atoms with van der Waals surface area (Å²) in [5, 5.41) is 21.3. The molecule has 3 nitrogen and oxygen atoms in total. The van der Waals surface area contributed by atoms with Gasteiger partial charge in [-0.3, -0.25) is 0 Å². The summed E-state index contributed by atoms with van der Waals surface area (Å²) >= 11 is 3.03. The van der Waals surface area contributed by atoms with E-state index in [0.29, 0.717) is 18.5 Å². The lowest BCUT2D eigenvalue weighted by atomic mass is 10.1. The molecule has 0 aliphatic rings. The van der Waals surface area contributed by atoms with Crippen LogP contribution < -0.4 is 5.32 Å². The normalized spacial score (nSPS) is 10.5. The van der Waals surface area contributed by atoms with Crippen molar-refractivity contribution in [2.24, 2.45) is 0 Å². The molecule has 0 aliphatic heterocycles. The summed E-state index contributed by atoms with van der Waals surface area (Å²) in [7, 11) is 1.76. The molecule has 0 spiro atoms. The third kappa shape index (κ3) is 2.16. The fraction of sp³-hybridized carbons (Fsp3) is 0.333. The molecule has 0 atom stereocenters. The van der Waals surface area contributed by atoms with E-state index in [1.165, 1.54) is 0 Å². The Kier molecular flexibility index (Phi) is 3.71. The highest BCUT2D eigenvalue weighted by atomic mass is 79.9. The van der Waals surface area contributed by atoms with Crippen LogP contribution in [0, 0.1) is 5.82 Å². The van der Waals surface area contributed by atoms with Crippen molar-refractivity contribution in [1.29, 1.82) is 0 Å². The Balaban J connectivity index is 3.09. The maximum Gasteiger partial charge on any atom is 0.172 e. The van der Waals surface area contributed by atoms with Crippen LogP contribution in [0.3, 0.4) is 0 Å². The number of phenolic OH excluding ortho intramolecular Hbond substituents is 2. The van der Waals surface area contributed by atoms with E-state index in [1.807, 2.05) is 0 Å². The van der Waals surface area contributed by atoms with Gasteiger partial charge in [-0.15, -0.1) is 0 Å². The van der Waals surface area contributed by atoms with Crippen LogP contribution in [0.2, 0.25) is 0 Å². The SMILES string of the molecule is CNCCc1c(F)cc(O)c(O)c1Br. The van der Waals surface area contributed by atoms with Gasteiger partial charge in [0, 0.05) is 11.6 Å². The van der Waals surface area contributed by atoms with E-state index in [9.17, 15) is 9.50 Å². The summed E-state index contributed by atoms with van der Waals surface area (Å²) in [5.74, 6) is -1.30. The summed E-state index contributed by atoms with van der Waals surface area (Å²) in [6.07, 6.45) is 0.441. The van der Waals surface area contributed by atoms with Gasteiger partial charge >= 0.3 is 0 Å². The number of hydrogen-bond acceptors (Lipinski definition) is 3. The zero-order valence-corrected chi connectivity index (χ0v) is 9.23. The Bertz CT molecular complexity index is 344. The van der Waals surface area contributed by atoms with E-state index in [-0.39, 0.29) is 10.2 Å². The topological polar surface area (TPSA) is 52.5 Å². The molecule has 3 N–H and O–H groups in total. The van der Waals surface area contributed by atoms with Crippen LogP contribution in [-0.4, -0.2) is 23.8 Å². The standard InChI is InChI=1S/C9H11BrFNO2/c1-12-3-2-5-6(11)4-7(13)9(14)8(5)10/h4,12-14H,2-3H2,1H3. The zero-order valence-electron chi connectivity index (χ0n) is 7.64. The van der Waals surface area contributed by atoms with Gasteiger partial charge in [-0.05, 0) is 35.9 Å². The highest BCUT2D eigenvalue weighted by molar-refractivity contribution is 9.10. The predicted molar refractivity (Wildman–Crippen MR) is 55.1 cm³/mol. The molecule has 0 saturated carbocycles. The molecule has 1 aromatic carbocycles. The monoisotopic (exact) mass is 263 g/mol. The Labute approximate surface area is 89.7 Å². The number of likely N-dealkylation sites (N-methyl/N-ethyl adjacent to an activating group) is 1. The third-order valence-corrected chi connectivity index (χ3v) is 2.75. The van der Waals surface area contributed by atoms with Crippen LogP contribution in [0.15, 0.2) is 10.5 Å². The van der Waals surface area contributed by atoms with E-state index < -0.39 is 11.6 Å². The first-order valence-corrected chi connectivity index (χ1v) is 4.90. The zero-order chi connectivity index (χ0) is 10.7. The van der Waals surface area contributed by atoms with E-state index in [1.54, 1.807) is 7.05 Å². The van der Waals surface area contributed by atoms with Crippen LogP contribution in [0.1, 0.15) is 5.56 Å². The van der Waals surface area contributed by atoms with Crippen molar-refractivity contribution < 1.29 is 14.6 Å². The summed E-state index contributed by atoms with van der Waals surface area (Å²) in [4.78, 5) is 0. The summed E-state index contributed by atoms with van der Waals surface area (Å²) in [6, 6.07) is 0.908. The molecular weight excluding hydrogens is 253 g/mol. The number of aromatic hydroxyl groups is 2. The molecule has 1 rings (SSSR count). The van der Waals surface area contributed by atoms with Gasteiger partial charge in [0.05, 0.1) is 4.47 Å². The first-order chi connectivity index (χ1) is 6.57. The van der Waals surface area contributed by atoms with E-state index in [4.69, 9.17) is 5.11 Å². The quantitative estimate of drug-likeness (QED) is 0.729. The highest BCUT2D eigenvalue weighted by Crippen LogP contribution is 2.37. The lowest BCUT2D eigenvalue weighted by Crippen LogP contribution is -2.11. The van der Waals surface area contributed by atoms with Gasteiger partial charge in [-0.2, -0.15) is 0 Å². The molecule has 14 heavy (non-hydrogen) atoms. The minimum absolute atomic E-state index is 0.213. The number of phenols is 2. The van der Waals surface area contributed by atoms with Crippen molar-refractivity contribution in [3.8, 4) is 11.5 Å². The van der Waals surface area contributed by atoms with Crippen LogP contribution >= 0.6 is 15.9 Å². The second-order valence-electron chi connectivity index (χ2n) is 2.87. The predicted octanol–water partition coefficient (Wildman–Crippen LogP) is 1.76. The van der Waals surface area contributed by atoms with Gasteiger partial charge in [-0.1, -0.05) is 0 Å². The fourth-order valence-corrected chi connectivity index (χ4v) is 1.71. The van der Waals surface area contributed by atoms with Gasteiger partial charge in [-0.25, -0.2) is 4.39 Å². The van der Waals surface area contributed by atoms with Gasteiger partial charge in [0.15, 0.2) is 11.5 Å². The Hall–Kier alpha value is -0.810. The molecule has 0 aliphatic carbocycles. The van der Waals surface area contributed by atoms with Crippen LogP contribution in [0.25, 0.3) is 0 Å². The molecule has 0 saturated heterocycles. The minimum Gasteiger partial charge on any atom is -0.504 e. The summed E-state index contributed by atoms with van der Waals surface area (Å²) < 4.78 is 13.5. The van der Waals surface area contributed by atoms with Gasteiger partial charge < -0.3 is 15.5 Å². The number of halogens is 2. The lowest BCUT2D eigenvalue weighted by molar-refractivity contribution is 0.395. The molecule has 5 heteroatoms. The van der Waals surface area contributed by atoms with Gasteiger partial charge in [0.25, 0.3) is 0 Å². The van der Waals surface area contributed by atoms with Crippen LogP contribution in [0.5, 0.6) is 11.5 Å². The molecule has 0 unspecified atom stereocenters. The van der Waals surface area contributed by atoms with Gasteiger partial charge in [0.1, 0.15) is 5.82 Å². The Morgan fingerprint density at radius 2 is 2.14 bits per heavy atom. The number of benzene rings is 1. The van der Waals surface area contributed by atoms with Crippen LogP contribution in [0.4, 0.5) is 4.39 Å². The maximum atomic E-state index is 13.3. The Morgan fingerprint density at radius 3 is 2.71 bits per heavy atom. The largest absolute Gasteiger partial charge is 0.504 e. The molecule has 0 heterocycles. The average molecular weight is 264 g/mol.